The third-order valence-electron chi connectivity index (χ3n) is 3.61. The predicted molar refractivity (Wildman–Crippen MR) is 77.9 cm³/mol. The Morgan fingerprint density at radius 3 is 2.81 bits per heavy atom. The fourth-order valence-electron chi connectivity index (χ4n) is 2.29. The van der Waals surface area contributed by atoms with E-state index in [1.807, 2.05) is 32.6 Å². The Balaban J connectivity index is 1.78. The first-order valence-electron chi connectivity index (χ1n) is 7.58. The van der Waals surface area contributed by atoms with Crippen molar-refractivity contribution < 1.29 is 14.1 Å². The number of amides is 1. The summed E-state index contributed by atoms with van der Waals surface area (Å²) in [4.78, 5) is 18.5. The zero-order valence-electron chi connectivity index (χ0n) is 13.4. The third kappa shape index (κ3) is 4.27. The minimum absolute atomic E-state index is 0.110. The van der Waals surface area contributed by atoms with Gasteiger partial charge in [0.15, 0.2) is 5.82 Å². The molecule has 0 N–H and O–H groups in total. The Morgan fingerprint density at radius 1 is 1.43 bits per heavy atom. The van der Waals surface area contributed by atoms with Crippen LogP contribution in [-0.4, -0.2) is 46.7 Å². The van der Waals surface area contributed by atoms with E-state index in [1.54, 1.807) is 0 Å². The zero-order chi connectivity index (χ0) is 15.5. The number of aromatic nitrogens is 2. The Hall–Kier alpha value is -1.43. The average Bonchev–Trinajstić information content (AvgIpc) is 2.88. The van der Waals surface area contributed by atoms with Crippen molar-refractivity contribution in [2.45, 2.75) is 58.4 Å². The first-order chi connectivity index (χ1) is 9.88. The summed E-state index contributed by atoms with van der Waals surface area (Å²) in [6.07, 6.45) is 1.89. The Labute approximate surface area is 125 Å². The van der Waals surface area contributed by atoms with Crippen LogP contribution in [0.4, 0.5) is 0 Å². The van der Waals surface area contributed by atoms with Crippen LogP contribution in [0.5, 0.6) is 0 Å². The second-order valence-electron chi connectivity index (χ2n) is 6.63. The van der Waals surface area contributed by atoms with E-state index in [0.29, 0.717) is 44.3 Å². The van der Waals surface area contributed by atoms with Gasteiger partial charge in [0.05, 0.1) is 19.3 Å². The maximum absolute atomic E-state index is 12.2. The van der Waals surface area contributed by atoms with Crippen molar-refractivity contribution in [2.24, 2.45) is 0 Å². The maximum atomic E-state index is 12.2. The predicted octanol–water partition coefficient (Wildman–Crippen LogP) is 1.94. The molecular weight excluding hydrogens is 270 g/mol. The molecule has 1 atom stereocenters. The highest BCUT2D eigenvalue weighted by atomic mass is 16.5. The molecular formula is C15H25N3O3. The molecule has 118 valence electrons. The van der Waals surface area contributed by atoms with E-state index in [-0.39, 0.29) is 17.4 Å². The summed E-state index contributed by atoms with van der Waals surface area (Å²) in [5.74, 6) is 1.51. The SMILES string of the molecule is CC1COCCN1C(=O)CCCc1nc(C(C)(C)C)no1. The van der Waals surface area contributed by atoms with Gasteiger partial charge in [0, 0.05) is 24.8 Å². The molecule has 0 spiro atoms. The van der Waals surface area contributed by atoms with Gasteiger partial charge in [-0.1, -0.05) is 25.9 Å². The van der Waals surface area contributed by atoms with Gasteiger partial charge in [-0.2, -0.15) is 4.98 Å². The fraction of sp³-hybridized carbons (Fsp3) is 0.800. The van der Waals surface area contributed by atoms with Crippen molar-refractivity contribution in [2.75, 3.05) is 19.8 Å². The van der Waals surface area contributed by atoms with Crippen LogP contribution in [0.3, 0.4) is 0 Å². The zero-order valence-corrected chi connectivity index (χ0v) is 13.4. The molecule has 1 unspecified atom stereocenters. The monoisotopic (exact) mass is 295 g/mol. The van der Waals surface area contributed by atoms with Gasteiger partial charge >= 0.3 is 0 Å². The minimum atomic E-state index is -0.110. The van der Waals surface area contributed by atoms with Crippen molar-refractivity contribution in [1.29, 1.82) is 0 Å². The van der Waals surface area contributed by atoms with E-state index >= 15 is 0 Å². The summed E-state index contributed by atoms with van der Waals surface area (Å²) < 4.78 is 10.6. The minimum Gasteiger partial charge on any atom is -0.377 e. The van der Waals surface area contributed by atoms with Gasteiger partial charge in [-0.15, -0.1) is 0 Å². The Kier molecular flexibility index (Phi) is 4.98. The smallest absolute Gasteiger partial charge is 0.226 e. The highest BCUT2D eigenvalue weighted by molar-refractivity contribution is 5.76. The van der Waals surface area contributed by atoms with Crippen LogP contribution in [0.1, 0.15) is 52.3 Å². The van der Waals surface area contributed by atoms with Crippen LogP contribution in [0.15, 0.2) is 4.52 Å². The van der Waals surface area contributed by atoms with Crippen molar-refractivity contribution in [3.05, 3.63) is 11.7 Å². The second kappa shape index (κ2) is 6.56. The largest absolute Gasteiger partial charge is 0.377 e. The lowest BCUT2D eigenvalue weighted by Gasteiger charge is -2.33. The van der Waals surface area contributed by atoms with Crippen LogP contribution < -0.4 is 0 Å². The van der Waals surface area contributed by atoms with Crippen LogP contribution in [0.2, 0.25) is 0 Å². The molecule has 6 nitrogen and oxygen atoms in total. The summed E-state index contributed by atoms with van der Waals surface area (Å²) in [6.45, 7) is 10.1. The second-order valence-corrected chi connectivity index (χ2v) is 6.63. The van der Waals surface area contributed by atoms with Crippen molar-refractivity contribution in [3.8, 4) is 0 Å². The van der Waals surface area contributed by atoms with E-state index in [2.05, 4.69) is 10.1 Å². The van der Waals surface area contributed by atoms with Gasteiger partial charge < -0.3 is 14.2 Å². The highest BCUT2D eigenvalue weighted by Gasteiger charge is 2.24. The molecule has 0 aromatic carbocycles. The molecule has 0 bridgehead atoms. The molecule has 1 aromatic heterocycles. The first kappa shape index (κ1) is 15.9. The summed E-state index contributed by atoms with van der Waals surface area (Å²) in [5, 5.41) is 3.99. The lowest BCUT2D eigenvalue weighted by molar-refractivity contribution is -0.139. The van der Waals surface area contributed by atoms with Gasteiger partial charge in [-0.25, -0.2) is 0 Å². The van der Waals surface area contributed by atoms with E-state index in [9.17, 15) is 4.79 Å². The molecule has 2 rings (SSSR count). The molecule has 1 saturated heterocycles. The van der Waals surface area contributed by atoms with Crippen molar-refractivity contribution in [1.82, 2.24) is 15.0 Å². The number of rotatable bonds is 4. The van der Waals surface area contributed by atoms with Crippen LogP contribution in [0, 0.1) is 0 Å². The molecule has 0 radical (unpaired) electrons. The topological polar surface area (TPSA) is 68.5 Å². The number of carbonyl (C=O) groups excluding carboxylic acids is 1. The van der Waals surface area contributed by atoms with Crippen LogP contribution in [0.25, 0.3) is 0 Å². The van der Waals surface area contributed by atoms with Crippen molar-refractivity contribution >= 4 is 5.91 Å². The van der Waals surface area contributed by atoms with E-state index in [4.69, 9.17) is 9.26 Å². The number of hydrogen-bond acceptors (Lipinski definition) is 5. The third-order valence-corrected chi connectivity index (χ3v) is 3.61. The summed E-state index contributed by atoms with van der Waals surface area (Å²) >= 11 is 0. The normalized spacial score (nSPS) is 19.8. The average molecular weight is 295 g/mol. The first-order valence-corrected chi connectivity index (χ1v) is 7.58. The lowest BCUT2D eigenvalue weighted by atomic mass is 9.96. The van der Waals surface area contributed by atoms with E-state index < -0.39 is 0 Å². The van der Waals surface area contributed by atoms with Crippen molar-refractivity contribution in [3.63, 3.8) is 0 Å². The summed E-state index contributed by atoms with van der Waals surface area (Å²) in [5.41, 5.74) is -0.110. The number of hydrogen-bond donors (Lipinski definition) is 0. The van der Waals surface area contributed by atoms with Gasteiger partial charge in [-0.3, -0.25) is 4.79 Å². The summed E-state index contributed by atoms with van der Waals surface area (Å²) in [7, 11) is 0. The molecule has 2 heterocycles. The van der Waals surface area contributed by atoms with E-state index in [0.717, 1.165) is 6.42 Å². The molecule has 21 heavy (non-hydrogen) atoms. The van der Waals surface area contributed by atoms with Gasteiger partial charge in [0.1, 0.15) is 0 Å². The number of aryl methyl sites for hydroxylation is 1. The Morgan fingerprint density at radius 2 is 2.19 bits per heavy atom. The van der Waals surface area contributed by atoms with Gasteiger partial charge in [0.25, 0.3) is 0 Å². The number of morpholine rings is 1. The molecule has 1 fully saturated rings. The van der Waals surface area contributed by atoms with Gasteiger partial charge in [0.2, 0.25) is 11.8 Å². The highest BCUT2D eigenvalue weighted by Crippen LogP contribution is 2.19. The summed E-state index contributed by atoms with van der Waals surface area (Å²) in [6, 6.07) is 0.169. The lowest BCUT2D eigenvalue weighted by Crippen LogP contribution is -2.47. The number of ether oxygens (including phenoxy) is 1. The van der Waals surface area contributed by atoms with Gasteiger partial charge in [-0.05, 0) is 13.3 Å². The Bertz CT molecular complexity index is 479. The number of carbonyl (C=O) groups is 1. The quantitative estimate of drug-likeness (QED) is 0.849. The standard InChI is InChI=1S/C15H25N3O3/c1-11-10-20-9-8-18(11)13(19)7-5-6-12-16-14(17-21-12)15(2,3)4/h11H,5-10H2,1-4H3. The molecule has 0 aliphatic carbocycles. The fourth-order valence-corrected chi connectivity index (χ4v) is 2.29. The maximum Gasteiger partial charge on any atom is 0.226 e. The molecule has 1 aliphatic rings. The molecule has 6 heteroatoms. The van der Waals surface area contributed by atoms with Crippen LogP contribution >= 0.6 is 0 Å². The molecule has 1 aliphatic heterocycles. The molecule has 1 aromatic rings. The van der Waals surface area contributed by atoms with E-state index in [1.165, 1.54) is 0 Å². The molecule has 1 amide bonds. The number of nitrogens with zero attached hydrogens (tertiary/aromatic N) is 3. The van der Waals surface area contributed by atoms with Crippen LogP contribution in [-0.2, 0) is 21.4 Å². The molecule has 0 saturated carbocycles.